The van der Waals surface area contributed by atoms with E-state index in [0.29, 0.717) is 6.42 Å². The number of rotatable bonds is 0. The number of hydrogen-bond acceptors (Lipinski definition) is 2. The zero-order chi connectivity index (χ0) is 9.64. The molecule has 0 unspecified atom stereocenters. The minimum Gasteiger partial charge on any atom is -0.345 e. The lowest BCUT2D eigenvalue weighted by atomic mass is 9.79. The molecule has 0 N–H and O–H groups in total. The van der Waals surface area contributed by atoms with E-state index in [9.17, 15) is 9.59 Å². The van der Waals surface area contributed by atoms with Crippen LogP contribution in [0.5, 0.6) is 0 Å². The lowest BCUT2D eigenvalue weighted by Crippen LogP contribution is -2.58. The maximum atomic E-state index is 11.3. The van der Waals surface area contributed by atoms with Crippen LogP contribution in [0.15, 0.2) is 0 Å². The number of carbonyl (C=O) groups excluding carboxylic acids is 2. The van der Waals surface area contributed by atoms with Gasteiger partial charge in [0, 0.05) is 45.4 Å². The molecule has 13 heavy (non-hydrogen) atoms. The van der Waals surface area contributed by atoms with E-state index in [1.165, 1.54) is 0 Å². The second-order valence-corrected chi connectivity index (χ2v) is 4.30. The quantitative estimate of drug-likeness (QED) is 0.516. The Labute approximate surface area is 77.5 Å². The third-order valence-electron chi connectivity index (χ3n) is 3.02. The van der Waals surface area contributed by atoms with Crippen molar-refractivity contribution in [2.45, 2.75) is 13.3 Å². The van der Waals surface area contributed by atoms with Gasteiger partial charge in [-0.3, -0.25) is 9.59 Å². The molecule has 2 fully saturated rings. The van der Waals surface area contributed by atoms with E-state index in [-0.39, 0.29) is 17.2 Å². The molecular weight excluding hydrogens is 168 g/mol. The van der Waals surface area contributed by atoms with Gasteiger partial charge >= 0.3 is 0 Å². The molecule has 0 aliphatic carbocycles. The monoisotopic (exact) mass is 182 g/mol. The topological polar surface area (TPSA) is 40.6 Å². The van der Waals surface area contributed by atoms with Crippen molar-refractivity contribution in [1.82, 2.24) is 9.80 Å². The van der Waals surface area contributed by atoms with Crippen LogP contribution in [0.2, 0.25) is 0 Å². The SMILES string of the molecule is CC(=O)N1CC2(CC(=O)N(C)C2)C1. The standard InChI is InChI=1S/C9H14N2O2/c1-7(12)11-5-9(6-11)3-8(13)10(2)4-9/h3-6H2,1-2H3. The molecule has 2 aliphatic heterocycles. The molecule has 0 saturated carbocycles. The third-order valence-corrected chi connectivity index (χ3v) is 3.02. The van der Waals surface area contributed by atoms with Crippen molar-refractivity contribution in [2.24, 2.45) is 5.41 Å². The number of hydrogen-bond donors (Lipinski definition) is 0. The number of amides is 2. The van der Waals surface area contributed by atoms with Crippen LogP contribution in [0.25, 0.3) is 0 Å². The Kier molecular flexibility index (Phi) is 1.62. The molecule has 2 aliphatic rings. The molecule has 0 aromatic carbocycles. The van der Waals surface area contributed by atoms with Crippen molar-refractivity contribution in [2.75, 3.05) is 26.7 Å². The van der Waals surface area contributed by atoms with E-state index >= 15 is 0 Å². The van der Waals surface area contributed by atoms with Crippen molar-refractivity contribution in [3.05, 3.63) is 0 Å². The summed E-state index contributed by atoms with van der Waals surface area (Å²) in [6, 6.07) is 0. The second-order valence-electron chi connectivity index (χ2n) is 4.30. The Balaban J connectivity index is 1.98. The molecule has 2 saturated heterocycles. The van der Waals surface area contributed by atoms with E-state index < -0.39 is 0 Å². The van der Waals surface area contributed by atoms with Gasteiger partial charge < -0.3 is 9.80 Å². The van der Waals surface area contributed by atoms with E-state index in [1.54, 1.807) is 16.7 Å². The molecule has 0 bridgehead atoms. The van der Waals surface area contributed by atoms with Gasteiger partial charge in [-0.05, 0) is 0 Å². The Bertz CT molecular complexity index is 269. The second kappa shape index (κ2) is 2.47. The van der Waals surface area contributed by atoms with Gasteiger partial charge in [-0.15, -0.1) is 0 Å². The van der Waals surface area contributed by atoms with Crippen molar-refractivity contribution in [3.8, 4) is 0 Å². The van der Waals surface area contributed by atoms with Crippen molar-refractivity contribution >= 4 is 11.8 Å². The van der Waals surface area contributed by atoms with Gasteiger partial charge in [0.15, 0.2) is 0 Å². The first-order chi connectivity index (χ1) is 6.02. The van der Waals surface area contributed by atoms with Crippen molar-refractivity contribution in [1.29, 1.82) is 0 Å². The number of likely N-dealkylation sites (tertiary alicyclic amines) is 2. The summed E-state index contributed by atoms with van der Waals surface area (Å²) in [6.07, 6.45) is 0.618. The number of nitrogens with zero attached hydrogens (tertiary/aromatic N) is 2. The van der Waals surface area contributed by atoms with Crippen LogP contribution in [0.1, 0.15) is 13.3 Å². The van der Waals surface area contributed by atoms with Crippen molar-refractivity contribution < 1.29 is 9.59 Å². The van der Waals surface area contributed by atoms with Gasteiger partial charge in [-0.2, -0.15) is 0 Å². The van der Waals surface area contributed by atoms with Gasteiger partial charge in [0.05, 0.1) is 0 Å². The maximum Gasteiger partial charge on any atom is 0.223 e. The minimum atomic E-state index is 0.0947. The van der Waals surface area contributed by atoms with Gasteiger partial charge in [-0.1, -0.05) is 0 Å². The van der Waals surface area contributed by atoms with E-state index in [1.807, 2.05) is 7.05 Å². The molecule has 0 aromatic heterocycles. The van der Waals surface area contributed by atoms with Crippen LogP contribution >= 0.6 is 0 Å². The molecule has 2 rings (SSSR count). The fourth-order valence-corrected chi connectivity index (χ4v) is 2.30. The smallest absolute Gasteiger partial charge is 0.223 e. The highest BCUT2D eigenvalue weighted by Crippen LogP contribution is 2.39. The summed E-state index contributed by atoms with van der Waals surface area (Å²) >= 11 is 0. The molecule has 1 spiro atoms. The van der Waals surface area contributed by atoms with Gasteiger partial charge in [-0.25, -0.2) is 0 Å². The Morgan fingerprint density at radius 3 is 2.38 bits per heavy atom. The average molecular weight is 182 g/mol. The zero-order valence-corrected chi connectivity index (χ0v) is 8.04. The maximum absolute atomic E-state index is 11.3. The summed E-state index contributed by atoms with van der Waals surface area (Å²) in [5.74, 6) is 0.329. The summed E-state index contributed by atoms with van der Waals surface area (Å²) < 4.78 is 0. The Hall–Kier alpha value is -1.06. The summed E-state index contributed by atoms with van der Waals surface area (Å²) in [5.41, 5.74) is 0.0947. The third kappa shape index (κ3) is 1.20. The lowest BCUT2D eigenvalue weighted by Gasteiger charge is -2.46. The molecular formula is C9H14N2O2. The molecule has 2 amide bonds. The minimum absolute atomic E-state index is 0.0947. The van der Waals surface area contributed by atoms with Crippen LogP contribution in [0.4, 0.5) is 0 Å². The Morgan fingerprint density at radius 1 is 1.38 bits per heavy atom. The predicted molar refractivity (Wildman–Crippen MR) is 46.9 cm³/mol. The van der Waals surface area contributed by atoms with Crippen LogP contribution in [-0.4, -0.2) is 48.3 Å². The first-order valence-electron chi connectivity index (χ1n) is 4.52. The summed E-state index contributed by atoms with van der Waals surface area (Å²) in [6.45, 7) is 3.92. The predicted octanol–water partition coefficient (Wildman–Crippen LogP) is -0.303. The van der Waals surface area contributed by atoms with Crippen molar-refractivity contribution in [3.63, 3.8) is 0 Å². The molecule has 0 radical (unpaired) electrons. The summed E-state index contributed by atoms with van der Waals surface area (Å²) in [5, 5.41) is 0. The van der Waals surface area contributed by atoms with Crippen LogP contribution in [0, 0.1) is 5.41 Å². The largest absolute Gasteiger partial charge is 0.345 e. The highest BCUT2D eigenvalue weighted by Gasteiger charge is 2.50. The van der Waals surface area contributed by atoms with Gasteiger partial charge in [0.25, 0.3) is 0 Å². The molecule has 4 heteroatoms. The molecule has 72 valence electrons. The Morgan fingerprint density at radius 2 is 2.00 bits per heavy atom. The summed E-state index contributed by atoms with van der Waals surface area (Å²) in [7, 11) is 1.83. The lowest BCUT2D eigenvalue weighted by molar-refractivity contribution is -0.140. The van der Waals surface area contributed by atoms with E-state index in [4.69, 9.17) is 0 Å². The zero-order valence-electron chi connectivity index (χ0n) is 8.04. The van der Waals surface area contributed by atoms with Gasteiger partial charge in [0.2, 0.25) is 11.8 Å². The van der Waals surface area contributed by atoms with E-state index in [0.717, 1.165) is 19.6 Å². The molecule has 4 nitrogen and oxygen atoms in total. The normalized spacial score (nSPS) is 25.2. The van der Waals surface area contributed by atoms with Crippen LogP contribution in [-0.2, 0) is 9.59 Å². The van der Waals surface area contributed by atoms with Crippen LogP contribution < -0.4 is 0 Å². The first kappa shape index (κ1) is 8.53. The van der Waals surface area contributed by atoms with E-state index in [2.05, 4.69) is 0 Å². The average Bonchev–Trinajstić information content (AvgIpc) is 2.24. The fraction of sp³-hybridized carbons (Fsp3) is 0.778. The molecule has 2 heterocycles. The summed E-state index contributed by atoms with van der Waals surface area (Å²) in [4.78, 5) is 25.8. The molecule has 0 aromatic rings. The fourth-order valence-electron chi connectivity index (χ4n) is 2.30. The number of carbonyl (C=O) groups is 2. The highest BCUT2D eigenvalue weighted by atomic mass is 16.2. The first-order valence-corrected chi connectivity index (χ1v) is 4.52. The highest BCUT2D eigenvalue weighted by molar-refractivity contribution is 5.81. The van der Waals surface area contributed by atoms with Gasteiger partial charge in [0.1, 0.15) is 0 Å². The molecule has 0 atom stereocenters. The van der Waals surface area contributed by atoms with Crippen LogP contribution in [0.3, 0.4) is 0 Å².